The van der Waals surface area contributed by atoms with Gasteiger partial charge < -0.3 is 10.8 Å². The van der Waals surface area contributed by atoms with Gasteiger partial charge in [0.1, 0.15) is 10.7 Å². The van der Waals surface area contributed by atoms with Crippen LogP contribution in [0.1, 0.15) is 25.7 Å². The van der Waals surface area contributed by atoms with Crippen molar-refractivity contribution in [3.8, 4) is 0 Å². The van der Waals surface area contributed by atoms with Gasteiger partial charge in [-0.1, -0.05) is 6.42 Å². The summed E-state index contributed by atoms with van der Waals surface area (Å²) in [4.78, 5) is 3.91. The maximum atomic E-state index is 12.7. The molecule has 2 rings (SSSR count). The van der Waals surface area contributed by atoms with Crippen molar-refractivity contribution >= 4 is 31.8 Å². The first-order valence-corrected chi connectivity index (χ1v) is 8.74. The molecule has 8 heteroatoms. The highest BCUT2D eigenvalue weighted by Gasteiger charge is 2.35. The molecule has 1 heterocycles. The number of hydrogen-bond donors (Lipinski definition) is 2. The second kappa shape index (κ2) is 6.38. The topological polar surface area (TPSA) is 96.5 Å². The summed E-state index contributed by atoms with van der Waals surface area (Å²) in [5, 5.41) is 8.96. The number of halogens is 1. The Kier molecular flexibility index (Phi) is 5.00. The average molecular weight is 364 g/mol. The van der Waals surface area contributed by atoms with Crippen molar-refractivity contribution in [1.82, 2.24) is 9.29 Å². The van der Waals surface area contributed by atoms with Gasteiger partial charge in [-0.2, -0.15) is 4.31 Å². The van der Waals surface area contributed by atoms with E-state index in [0.717, 1.165) is 19.3 Å². The zero-order valence-corrected chi connectivity index (χ0v) is 13.4. The highest BCUT2D eigenvalue weighted by molar-refractivity contribution is 9.10. The van der Waals surface area contributed by atoms with E-state index in [1.165, 1.54) is 16.6 Å². The Bertz CT molecular complexity index is 575. The number of aromatic nitrogens is 1. The third kappa shape index (κ3) is 3.13. The largest absolute Gasteiger partial charge is 0.396 e. The number of aliphatic hydroxyl groups is 1. The number of nitrogens with zero attached hydrogens (tertiary/aromatic N) is 2. The second-order valence-electron chi connectivity index (χ2n) is 4.81. The first kappa shape index (κ1) is 15.7. The Balaban J connectivity index is 2.36. The van der Waals surface area contributed by atoms with Gasteiger partial charge in [-0.05, 0) is 41.3 Å². The Morgan fingerprint density at radius 3 is 2.75 bits per heavy atom. The lowest BCUT2D eigenvalue weighted by Crippen LogP contribution is -2.45. The monoisotopic (exact) mass is 363 g/mol. The molecule has 0 atom stereocenters. The van der Waals surface area contributed by atoms with Crippen molar-refractivity contribution in [3.05, 3.63) is 16.7 Å². The minimum Gasteiger partial charge on any atom is -0.396 e. The van der Waals surface area contributed by atoms with E-state index in [2.05, 4.69) is 20.9 Å². The average Bonchev–Trinajstić information content (AvgIpc) is 2.34. The molecule has 0 radical (unpaired) electrons. The number of nitrogen functional groups attached to an aromatic ring is 1. The van der Waals surface area contributed by atoms with Crippen LogP contribution in [-0.2, 0) is 10.0 Å². The first-order valence-electron chi connectivity index (χ1n) is 6.50. The van der Waals surface area contributed by atoms with Crippen molar-refractivity contribution in [2.45, 2.75) is 36.6 Å². The van der Waals surface area contributed by atoms with Gasteiger partial charge in [0.05, 0.1) is 0 Å². The molecular weight excluding hydrogens is 346 g/mol. The SMILES string of the molecule is Nc1ncc(Br)cc1S(=O)(=O)N(CCCO)C1CCC1. The van der Waals surface area contributed by atoms with E-state index < -0.39 is 10.0 Å². The third-order valence-electron chi connectivity index (χ3n) is 3.45. The maximum absolute atomic E-state index is 12.7. The van der Waals surface area contributed by atoms with Crippen LogP contribution >= 0.6 is 15.9 Å². The molecule has 6 nitrogen and oxygen atoms in total. The summed E-state index contributed by atoms with van der Waals surface area (Å²) < 4.78 is 27.5. The molecule has 0 amide bonds. The minimum absolute atomic E-state index is 0.00141. The number of anilines is 1. The Morgan fingerprint density at radius 2 is 2.20 bits per heavy atom. The number of pyridine rings is 1. The zero-order chi connectivity index (χ0) is 14.8. The molecule has 112 valence electrons. The van der Waals surface area contributed by atoms with Crippen molar-refractivity contribution in [3.63, 3.8) is 0 Å². The molecule has 0 unspecified atom stereocenters. The van der Waals surface area contributed by atoms with Gasteiger partial charge in [-0.15, -0.1) is 0 Å². The van der Waals surface area contributed by atoms with Crippen LogP contribution in [0.4, 0.5) is 5.82 Å². The Hall–Kier alpha value is -0.700. The van der Waals surface area contributed by atoms with E-state index in [4.69, 9.17) is 10.8 Å². The fraction of sp³-hybridized carbons (Fsp3) is 0.583. The summed E-state index contributed by atoms with van der Waals surface area (Å²) in [5.74, 6) is 0.00141. The molecule has 1 aromatic heterocycles. The second-order valence-corrected chi connectivity index (χ2v) is 7.59. The van der Waals surface area contributed by atoms with Gasteiger partial charge in [0.2, 0.25) is 10.0 Å². The number of sulfonamides is 1. The van der Waals surface area contributed by atoms with E-state index in [0.29, 0.717) is 17.4 Å². The molecule has 1 fully saturated rings. The Morgan fingerprint density at radius 1 is 1.50 bits per heavy atom. The van der Waals surface area contributed by atoms with E-state index in [9.17, 15) is 8.42 Å². The summed E-state index contributed by atoms with van der Waals surface area (Å²) >= 11 is 3.22. The van der Waals surface area contributed by atoms with Gasteiger partial charge in [0.15, 0.2) is 0 Å². The van der Waals surface area contributed by atoms with Gasteiger partial charge in [0.25, 0.3) is 0 Å². The van der Waals surface area contributed by atoms with Crippen molar-refractivity contribution < 1.29 is 13.5 Å². The summed E-state index contributed by atoms with van der Waals surface area (Å²) in [7, 11) is -3.68. The van der Waals surface area contributed by atoms with Crippen LogP contribution < -0.4 is 5.73 Å². The van der Waals surface area contributed by atoms with E-state index in [1.54, 1.807) is 0 Å². The zero-order valence-electron chi connectivity index (χ0n) is 11.0. The number of rotatable bonds is 6. The Labute approximate surface area is 127 Å². The number of nitrogens with two attached hydrogens (primary N) is 1. The smallest absolute Gasteiger partial charge is 0.247 e. The minimum atomic E-state index is -3.68. The first-order chi connectivity index (χ1) is 9.46. The molecule has 1 aliphatic rings. The number of aliphatic hydroxyl groups excluding tert-OH is 1. The molecule has 0 aromatic carbocycles. The third-order valence-corrected chi connectivity index (χ3v) is 5.87. The lowest BCUT2D eigenvalue weighted by atomic mass is 9.93. The van der Waals surface area contributed by atoms with Crippen LogP contribution in [0, 0.1) is 0 Å². The van der Waals surface area contributed by atoms with Gasteiger partial charge in [-0.25, -0.2) is 13.4 Å². The van der Waals surface area contributed by atoms with E-state index in [-0.39, 0.29) is 23.4 Å². The van der Waals surface area contributed by atoms with Gasteiger partial charge in [0, 0.05) is 29.9 Å². The standard InChI is InChI=1S/C12H18BrN3O3S/c13-9-7-11(12(14)15-8-9)20(18,19)16(5-2-6-17)10-3-1-4-10/h7-8,10,17H,1-6H2,(H2,14,15). The lowest BCUT2D eigenvalue weighted by Gasteiger charge is -2.36. The highest BCUT2D eigenvalue weighted by atomic mass is 79.9. The van der Waals surface area contributed by atoms with Crippen molar-refractivity contribution in [1.29, 1.82) is 0 Å². The normalized spacial score (nSPS) is 16.4. The quantitative estimate of drug-likeness (QED) is 0.794. The highest BCUT2D eigenvalue weighted by Crippen LogP contribution is 2.32. The predicted molar refractivity (Wildman–Crippen MR) is 79.6 cm³/mol. The van der Waals surface area contributed by atoms with Crippen LogP contribution in [0.5, 0.6) is 0 Å². The summed E-state index contributed by atoms with van der Waals surface area (Å²) in [6.07, 6.45) is 4.62. The molecule has 1 saturated carbocycles. The predicted octanol–water partition coefficient (Wildman–Crippen LogP) is 1.35. The molecule has 0 bridgehead atoms. The van der Waals surface area contributed by atoms with Gasteiger partial charge >= 0.3 is 0 Å². The van der Waals surface area contributed by atoms with Crippen molar-refractivity contribution in [2.24, 2.45) is 0 Å². The van der Waals surface area contributed by atoms with E-state index in [1.807, 2.05) is 0 Å². The molecule has 1 aliphatic carbocycles. The molecule has 3 N–H and O–H groups in total. The van der Waals surface area contributed by atoms with Crippen LogP contribution in [0.2, 0.25) is 0 Å². The van der Waals surface area contributed by atoms with Crippen LogP contribution in [0.25, 0.3) is 0 Å². The molecule has 20 heavy (non-hydrogen) atoms. The number of hydrogen-bond acceptors (Lipinski definition) is 5. The molecule has 1 aromatic rings. The molecular formula is C12H18BrN3O3S. The van der Waals surface area contributed by atoms with Crippen molar-refractivity contribution in [2.75, 3.05) is 18.9 Å². The maximum Gasteiger partial charge on any atom is 0.247 e. The fourth-order valence-corrected chi connectivity index (χ4v) is 4.47. The molecule has 0 spiro atoms. The van der Waals surface area contributed by atoms with Crippen LogP contribution in [-0.4, -0.2) is 42.0 Å². The van der Waals surface area contributed by atoms with Gasteiger partial charge in [-0.3, -0.25) is 0 Å². The van der Waals surface area contributed by atoms with E-state index >= 15 is 0 Å². The molecule has 0 aliphatic heterocycles. The van der Waals surface area contributed by atoms with Crippen LogP contribution in [0.15, 0.2) is 21.6 Å². The summed E-state index contributed by atoms with van der Waals surface area (Å²) in [6.45, 7) is 0.264. The summed E-state index contributed by atoms with van der Waals surface area (Å²) in [6, 6.07) is 1.48. The van der Waals surface area contributed by atoms with Crippen LogP contribution in [0.3, 0.4) is 0 Å². The fourth-order valence-electron chi connectivity index (χ4n) is 2.16. The summed E-state index contributed by atoms with van der Waals surface area (Å²) in [5.41, 5.74) is 5.71. The molecule has 0 saturated heterocycles. The lowest BCUT2D eigenvalue weighted by molar-refractivity contribution is 0.198.